The number of nitrogens with zero attached hydrogens (tertiary/aromatic N) is 1. The maximum atomic E-state index is 12.3. The van der Waals surface area contributed by atoms with Gasteiger partial charge in [0.1, 0.15) is 0 Å². The largest absolute Gasteiger partial charge is 0.335 e. The van der Waals surface area contributed by atoms with Crippen LogP contribution >= 0.6 is 15.9 Å². The fourth-order valence-electron chi connectivity index (χ4n) is 2.47. The minimum atomic E-state index is -0.0170. The molecule has 18 heavy (non-hydrogen) atoms. The van der Waals surface area contributed by atoms with Crippen molar-refractivity contribution in [1.82, 2.24) is 10.2 Å². The summed E-state index contributed by atoms with van der Waals surface area (Å²) >= 11 is 3.43. The number of hydrogen-bond acceptors (Lipinski definition) is 2. The first-order valence-corrected chi connectivity index (χ1v) is 7.16. The lowest BCUT2D eigenvalue weighted by Crippen LogP contribution is -2.50. The minimum absolute atomic E-state index is 0.0170. The van der Waals surface area contributed by atoms with E-state index in [-0.39, 0.29) is 18.0 Å². The third-order valence-electron chi connectivity index (χ3n) is 3.64. The van der Waals surface area contributed by atoms with Crippen molar-refractivity contribution in [2.75, 3.05) is 13.6 Å². The van der Waals surface area contributed by atoms with E-state index in [1.807, 2.05) is 24.1 Å². The van der Waals surface area contributed by atoms with Crippen LogP contribution in [0, 0.1) is 0 Å². The second-order valence-electron chi connectivity index (χ2n) is 4.74. The topological polar surface area (TPSA) is 32.3 Å². The number of hydrogen-bond donors (Lipinski definition) is 1. The zero-order valence-electron chi connectivity index (χ0n) is 10.8. The molecule has 1 fully saturated rings. The number of benzene rings is 1. The maximum Gasteiger partial charge on any atom is 0.240 e. The summed E-state index contributed by atoms with van der Waals surface area (Å²) in [6.07, 6.45) is 2.01. The van der Waals surface area contributed by atoms with E-state index < -0.39 is 0 Å². The van der Waals surface area contributed by atoms with E-state index >= 15 is 0 Å². The summed E-state index contributed by atoms with van der Waals surface area (Å²) < 4.78 is 1.07. The van der Waals surface area contributed by atoms with Crippen LogP contribution in [0.4, 0.5) is 0 Å². The predicted octanol–water partition coefficient (Wildman–Crippen LogP) is 2.72. The van der Waals surface area contributed by atoms with Crippen LogP contribution in [0.1, 0.15) is 31.4 Å². The molecule has 2 unspecified atom stereocenters. The Bertz CT molecular complexity index is 418. The van der Waals surface area contributed by atoms with Gasteiger partial charge in [0.25, 0.3) is 0 Å². The number of carbonyl (C=O) groups is 1. The average Bonchev–Trinajstić information content (AvgIpc) is 2.39. The molecular weight excluding hydrogens is 292 g/mol. The van der Waals surface area contributed by atoms with Gasteiger partial charge in [-0.15, -0.1) is 0 Å². The zero-order valence-corrected chi connectivity index (χ0v) is 12.4. The highest BCUT2D eigenvalue weighted by Gasteiger charge is 2.30. The monoisotopic (exact) mass is 310 g/mol. The average molecular weight is 311 g/mol. The van der Waals surface area contributed by atoms with Gasteiger partial charge in [0.2, 0.25) is 5.91 Å². The van der Waals surface area contributed by atoms with Gasteiger partial charge in [0.15, 0.2) is 0 Å². The van der Waals surface area contributed by atoms with Crippen molar-refractivity contribution in [3.05, 3.63) is 34.3 Å². The van der Waals surface area contributed by atoms with E-state index in [4.69, 9.17) is 0 Å². The van der Waals surface area contributed by atoms with E-state index in [0.29, 0.717) is 0 Å². The van der Waals surface area contributed by atoms with E-state index in [0.717, 1.165) is 23.9 Å². The molecule has 0 spiro atoms. The van der Waals surface area contributed by atoms with Crippen LogP contribution in [0.15, 0.2) is 28.7 Å². The maximum absolute atomic E-state index is 12.3. The summed E-state index contributed by atoms with van der Waals surface area (Å²) in [4.78, 5) is 14.3. The zero-order chi connectivity index (χ0) is 13.1. The summed E-state index contributed by atoms with van der Waals surface area (Å²) in [5.41, 5.74) is 1.18. The van der Waals surface area contributed by atoms with Gasteiger partial charge >= 0.3 is 0 Å². The number of amides is 1. The molecule has 0 radical (unpaired) electrons. The lowest BCUT2D eigenvalue weighted by atomic mass is 10.00. The van der Waals surface area contributed by atoms with Crippen LogP contribution in [0.25, 0.3) is 0 Å². The van der Waals surface area contributed by atoms with Crippen LogP contribution in [-0.4, -0.2) is 30.4 Å². The van der Waals surface area contributed by atoms with Gasteiger partial charge in [-0.05, 0) is 44.5 Å². The highest BCUT2D eigenvalue weighted by molar-refractivity contribution is 9.10. The third kappa shape index (κ3) is 2.75. The first kappa shape index (κ1) is 13.6. The van der Waals surface area contributed by atoms with Gasteiger partial charge < -0.3 is 10.2 Å². The standard InChI is InChI=1S/C14H19BrN2O/c1-10(11-5-7-12(15)8-6-11)17-9-3-4-13(16-2)14(17)18/h5-8,10,13,16H,3-4,9H2,1-2H3. The summed E-state index contributed by atoms with van der Waals surface area (Å²) in [5.74, 6) is 0.221. The predicted molar refractivity (Wildman–Crippen MR) is 76.4 cm³/mol. The number of piperidine rings is 1. The Labute approximate surface area is 117 Å². The molecule has 4 heteroatoms. The fraction of sp³-hybridized carbons (Fsp3) is 0.500. The molecule has 0 bridgehead atoms. The highest BCUT2D eigenvalue weighted by atomic mass is 79.9. The van der Waals surface area contributed by atoms with Gasteiger partial charge in [0.05, 0.1) is 12.1 Å². The number of rotatable bonds is 3. The van der Waals surface area contributed by atoms with Crippen molar-refractivity contribution in [2.45, 2.75) is 31.8 Å². The Morgan fingerprint density at radius 1 is 1.39 bits per heavy atom. The molecular formula is C14H19BrN2O. The molecule has 98 valence electrons. The molecule has 1 aliphatic rings. The Morgan fingerprint density at radius 3 is 2.67 bits per heavy atom. The summed E-state index contributed by atoms with van der Waals surface area (Å²) in [6.45, 7) is 2.95. The second kappa shape index (κ2) is 5.85. The number of carbonyl (C=O) groups excluding carboxylic acids is 1. The Hall–Kier alpha value is -0.870. The first-order chi connectivity index (χ1) is 8.63. The summed E-state index contributed by atoms with van der Waals surface area (Å²) in [7, 11) is 1.86. The van der Waals surface area contributed by atoms with Gasteiger partial charge in [-0.1, -0.05) is 28.1 Å². The summed E-state index contributed by atoms with van der Waals surface area (Å²) in [6, 6.07) is 8.32. The number of likely N-dealkylation sites (N-methyl/N-ethyl adjacent to an activating group) is 1. The molecule has 3 nitrogen and oxygen atoms in total. The molecule has 1 amide bonds. The Morgan fingerprint density at radius 2 is 2.06 bits per heavy atom. The lowest BCUT2D eigenvalue weighted by Gasteiger charge is -2.36. The van der Waals surface area contributed by atoms with Crippen LogP contribution in [0.2, 0.25) is 0 Å². The minimum Gasteiger partial charge on any atom is -0.335 e. The van der Waals surface area contributed by atoms with Gasteiger partial charge in [0, 0.05) is 11.0 Å². The van der Waals surface area contributed by atoms with Crippen molar-refractivity contribution in [3.63, 3.8) is 0 Å². The molecule has 1 aromatic rings. The molecule has 1 N–H and O–H groups in total. The molecule has 2 atom stereocenters. The SMILES string of the molecule is CNC1CCCN(C(C)c2ccc(Br)cc2)C1=O. The lowest BCUT2D eigenvalue weighted by molar-refractivity contribution is -0.138. The van der Waals surface area contributed by atoms with Crippen LogP contribution in [0.5, 0.6) is 0 Å². The molecule has 0 aliphatic carbocycles. The van der Waals surface area contributed by atoms with E-state index in [1.165, 1.54) is 5.56 Å². The second-order valence-corrected chi connectivity index (χ2v) is 5.66. The molecule has 2 rings (SSSR count). The molecule has 1 aliphatic heterocycles. The third-order valence-corrected chi connectivity index (χ3v) is 4.17. The van der Waals surface area contributed by atoms with Crippen LogP contribution < -0.4 is 5.32 Å². The van der Waals surface area contributed by atoms with E-state index in [1.54, 1.807) is 0 Å². The molecule has 0 saturated carbocycles. The van der Waals surface area contributed by atoms with Gasteiger partial charge in [-0.25, -0.2) is 0 Å². The first-order valence-electron chi connectivity index (χ1n) is 6.36. The number of likely N-dealkylation sites (tertiary alicyclic amines) is 1. The van der Waals surface area contributed by atoms with Crippen LogP contribution in [-0.2, 0) is 4.79 Å². The number of nitrogens with one attached hydrogen (secondary N) is 1. The summed E-state index contributed by atoms with van der Waals surface area (Å²) in [5, 5.41) is 3.10. The van der Waals surface area contributed by atoms with E-state index in [9.17, 15) is 4.79 Å². The number of halogens is 1. The van der Waals surface area contributed by atoms with E-state index in [2.05, 4.69) is 40.3 Å². The van der Waals surface area contributed by atoms with Crippen molar-refractivity contribution in [2.24, 2.45) is 0 Å². The molecule has 1 heterocycles. The molecule has 1 saturated heterocycles. The normalized spacial score (nSPS) is 22.1. The van der Waals surface area contributed by atoms with Crippen molar-refractivity contribution in [1.29, 1.82) is 0 Å². The van der Waals surface area contributed by atoms with Crippen LogP contribution in [0.3, 0.4) is 0 Å². The van der Waals surface area contributed by atoms with Gasteiger partial charge in [-0.3, -0.25) is 4.79 Å². The van der Waals surface area contributed by atoms with Crippen molar-refractivity contribution >= 4 is 21.8 Å². The Kier molecular flexibility index (Phi) is 4.40. The highest BCUT2D eigenvalue weighted by Crippen LogP contribution is 2.26. The van der Waals surface area contributed by atoms with Gasteiger partial charge in [-0.2, -0.15) is 0 Å². The quantitative estimate of drug-likeness (QED) is 0.931. The molecule has 1 aromatic carbocycles. The molecule has 0 aromatic heterocycles. The smallest absolute Gasteiger partial charge is 0.240 e. The fourth-order valence-corrected chi connectivity index (χ4v) is 2.74. The Balaban J connectivity index is 2.15. The van der Waals surface area contributed by atoms with Crippen molar-refractivity contribution in [3.8, 4) is 0 Å². The van der Waals surface area contributed by atoms with Crippen molar-refractivity contribution < 1.29 is 4.79 Å².